The van der Waals surface area contributed by atoms with Gasteiger partial charge in [0.25, 0.3) is 0 Å². The van der Waals surface area contributed by atoms with Gasteiger partial charge in [0.15, 0.2) is 0 Å². The Bertz CT molecular complexity index is 562. The molecule has 0 fully saturated rings. The summed E-state index contributed by atoms with van der Waals surface area (Å²) in [5.74, 6) is 0. The molecule has 0 aromatic carbocycles. The van der Waals surface area contributed by atoms with Gasteiger partial charge in [-0.2, -0.15) is 5.21 Å². The van der Waals surface area contributed by atoms with Crippen LogP contribution < -0.4 is 0 Å². The van der Waals surface area contributed by atoms with Crippen LogP contribution in [0.25, 0.3) is 21.8 Å². The van der Waals surface area contributed by atoms with E-state index in [1.807, 2.05) is 0 Å². The summed E-state index contributed by atoms with van der Waals surface area (Å²) in [5.41, 5.74) is 1.28. The molecule has 0 aliphatic carbocycles. The zero-order valence-electron chi connectivity index (χ0n) is 7.21. The molecule has 0 bridgehead atoms. The lowest BCUT2D eigenvalue weighted by Crippen LogP contribution is -1.85. The summed E-state index contributed by atoms with van der Waals surface area (Å²) in [7, 11) is 0. The SMILES string of the molecule is [O]n1c2ccncc2c2cnccc21. The second-order valence-electron chi connectivity index (χ2n) is 3.08. The van der Waals surface area contributed by atoms with Crippen LogP contribution in [0.1, 0.15) is 0 Å². The van der Waals surface area contributed by atoms with E-state index in [0.717, 1.165) is 15.5 Å². The number of pyridine rings is 2. The number of fused-ring (bicyclic) bond motifs is 3. The molecule has 0 saturated heterocycles. The van der Waals surface area contributed by atoms with Crippen molar-refractivity contribution in [1.82, 2.24) is 14.7 Å². The maximum atomic E-state index is 11.7. The molecule has 14 heavy (non-hydrogen) atoms. The van der Waals surface area contributed by atoms with Crippen LogP contribution in [0.15, 0.2) is 36.9 Å². The van der Waals surface area contributed by atoms with E-state index in [1.165, 1.54) is 0 Å². The van der Waals surface area contributed by atoms with Crippen molar-refractivity contribution in [1.29, 1.82) is 0 Å². The first kappa shape index (κ1) is 7.32. The van der Waals surface area contributed by atoms with Crippen LogP contribution in [-0.2, 0) is 5.21 Å². The third kappa shape index (κ3) is 0.771. The Morgan fingerprint density at radius 2 is 1.43 bits per heavy atom. The zero-order valence-corrected chi connectivity index (χ0v) is 7.21. The quantitative estimate of drug-likeness (QED) is 0.534. The predicted molar refractivity (Wildman–Crippen MR) is 51.1 cm³/mol. The van der Waals surface area contributed by atoms with Gasteiger partial charge in [0.05, 0.1) is 11.0 Å². The number of aromatic nitrogens is 3. The average molecular weight is 184 g/mol. The summed E-state index contributed by atoms with van der Waals surface area (Å²) in [6, 6.07) is 3.42. The van der Waals surface area contributed by atoms with Crippen molar-refractivity contribution in [3.63, 3.8) is 0 Å². The summed E-state index contributed by atoms with van der Waals surface area (Å²) in [6.45, 7) is 0. The fourth-order valence-corrected chi connectivity index (χ4v) is 1.67. The van der Waals surface area contributed by atoms with Gasteiger partial charge in [-0.15, -0.1) is 4.73 Å². The molecule has 0 amide bonds. The molecule has 0 N–H and O–H groups in total. The lowest BCUT2D eigenvalue weighted by molar-refractivity contribution is 0.114. The lowest BCUT2D eigenvalue weighted by atomic mass is 10.2. The average Bonchev–Trinajstić information content (AvgIpc) is 2.55. The third-order valence-corrected chi connectivity index (χ3v) is 2.32. The summed E-state index contributed by atoms with van der Waals surface area (Å²) in [4.78, 5) is 7.99. The minimum Gasteiger partial charge on any atom is -0.264 e. The van der Waals surface area contributed by atoms with Crippen molar-refractivity contribution in [2.24, 2.45) is 0 Å². The molecule has 3 aromatic rings. The van der Waals surface area contributed by atoms with Gasteiger partial charge >= 0.3 is 0 Å². The Morgan fingerprint density at radius 3 is 1.93 bits per heavy atom. The number of hydrogen-bond donors (Lipinski definition) is 0. The Balaban J connectivity index is 2.69. The van der Waals surface area contributed by atoms with E-state index in [9.17, 15) is 5.21 Å². The van der Waals surface area contributed by atoms with Crippen LogP contribution in [-0.4, -0.2) is 14.7 Å². The Morgan fingerprint density at radius 1 is 0.929 bits per heavy atom. The van der Waals surface area contributed by atoms with Crippen LogP contribution in [0.4, 0.5) is 0 Å². The minimum atomic E-state index is 0.642. The Kier molecular flexibility index (Phi) is 1.28. The molecule has 0 spiro atoms. The van der Waals surface area contributed by atoms with E-state index < -0.39 is 0 Å². The third-order valence-electron chi connectivity index (χ3n) is 2.32. The summed E-state index contributed by atoms with van der Waals surface area (Å²) in [6.07, 6.45) is 6.60. The monoisotopic (exact) mass is 184 g/mol. The molecule has 4 nitrogen and oxygen atoms in total. The van der Waals surface area contributed by atoms with Gasteiger partial charge in [0, 0.05) is 35.6 Å². The van der Waals surface area contributed by atoms with Crippen LogP contribution in [0.5, 0.6) is 0 Å². The van der Waals surface area contributed by atoms with Crippen molar-refractivity contribution in [3.8, 4) is 0 Å². The highest BCUT2D eigenvalue weighted by molar-refractivity contribution is 6.06. The van der Waals surface area contributed by atoms with Gasteiger partial charge < -0.3 is 0 Å². The predicted octanol–water partition coefficient (Wildman–Crippen LogP) is 1.78. The first-order valence-electron chi connectivity index (χ1n) is 4.23. The van der Waals surface area contributed by atoms with E-state index in [-0.39, 0.29) is 0 Å². The van der Waals surface area contributed by atoms with Crippen molar-refractivity contribution in [2.75, 3.05) is 0 Å². The van der Waals surface area contributed by atoms with Crippen molar-refractivity contribution in [3.05, 3.63) is 36.9 Å². The number of rotatable bonds is 0. The van der Waals surface area contributed by atoms with E-state index in [2.05, 4.69) is 9.97 Å². The fourth-order valence-electron chi connectivity index (χ4n) is 1.67. The molecule has 0 aliphatic heterocycles. The van der Waals surface area contributed by atoms with Gasteiger partial charge in [-0.05, 0) is 12.1 Å². The van der Waals surface area contributed by atoms with E-state index in [1.54, 1.807) is 36.9 Å². The topological polar surface area (TPSA) is 50.6 Å². The summed E-state index contributed by atoms with van der Waals surface area (Å²) >= 11 is 0. The molecule has 0 aliphatic rings. The highest BCUT2D eigenvalue weighted by Gasteiger charge is 2.09. The van der Waals surface area contributed by atoms with Gasteiger partial charge in [0.1, 0.15) is 0 Å². The number of nitrogens with zero attached hydrogens (tertiary/aromatic N) is 3. The van der Waals surface area contributed by atoms with Gasteiger partial charge in [-0.1, -0.05) is 0 Å². The van der Waals surface area contributed by atoms with Gasteiger partial charge in [0.2, 0.25) is 0 Å². The first-order chi connectivity index (χ1) is 6.88. The molecule has 0 unspecified atom stereocenters. The van der Waals surface area contributed by atoms with E-state index >= 15 is 0 Å². The van der Waals surface area contributed by atoms with Gasteiger partial charge in [-0.25, -0.2) is 0 Å². The number of hydrogen-bond acceptors (Lipinski definition) is 2. The standard InChI is InChI=1S/C10H6N3O/c14-13-9-1-3-11-5-7(9)8-6-12-4-2-10(8)13/h1-6H. The summed E-state index contributed by atoms with van der Waals surface area (Å²) < 4.78 is 0.911. The minimum absolute atomic E-state index is 0.642. The van der Waals surface area contributed by atoms with E-state index in [0.29, 0.717) is 11.0 Å². The lowest BCUT2D eigenvalue weighted by Gasteiger charge is -1.88. The molecule has 3 heterocycles. The van der Waals surface area contributed by atoms with Crippen LogP contribution >= 0.6 is 0 Å². The smallest absolute Gasteiger partial charge is 0.0961 e. The largest absolute Gasteiger partial charge is 0.264 e. The maximum absolute atomic E-state index is 11.7. The molecule has 0 atom stereocenters. The molecule has 1 radical (unpaired) electrons. The molecule has 67 valence electrons. The van der Waals surface area contributed by atoms with Crippen molar-refractivity contribution < 1.29 is 5.21 Å². The fraction of sp³-hybridized carbons (Fsp3) is 0. The van der Waals surface area contributed by atoms with Crippen LogP contribution in [0.2, 0.25) is 0 Å². The highest BCUT2D eigenvalue weighted by Crippen LogP contribution is 2.25. The molecular weight excluding hydrogens is 178 g/mol. The summed E-state index contributed by atoms with van der Waals surface area (Å²) in [5, 5.41) is 13.5. The second-order valence-corrected chi connectivity index (χ2v) is 3.08. The van der Waals surface area contributed by atoms with E-state index in [4.69, 9.17) is 0 Å². The Labute approximate surface area is 79.4 Å². The van der Waals surface area contributed by atoms with Crippen molar-refractivity contribution >= 4 is 21.8 Å². The molecule has 3 rings (SSSR count). The Hall–Kier alpha value is -2.10. The van der Waals surface area contributed by atoms with Crippen LogP contribution in [0, 0.1) is 0 Å². The molecule has 0 saturated carbocycles. The van der Waals surface area contributed by atoms with Gasteiger partial charge in [-0.3, -0.25) is 9.97 Å². The zero-order chi connectivity index (χ0) is 9.54. The normalized spacial score (nSPS) is 11.1. The van der Waals surface area contributed by atoms with Crippen LogP contribution in [0.3, 0.4) is 0 Å². The highest BCUT2D eigenvalue weighted by atomic mass is 16.5. The first-order valence-corrected chi connectivity index (χ1v) is 4.23. The molecular formula is C10H6N3O. The molecule has 4 heteroatoms. The second kappa shape index (κ2) is 2.45. The molecule has 3 aromatic heterocycles. The maximum Gasteiger partial charge on any atom is 0.0961 e. The van der Waals surface area contributed by atoms with Crippen molar-refractivity contribution in [2.45, 2.75) is 0 Å².